The summed E-state index contributed by atoms with van der Waals surface area (Å²) in [5.74, 6) is 2.27. The molecule has 0 radical (unpaired) electrons. The van der Waals surface area contributed by atoms with Crippen LogP contribution in [0.4, 0.5) is 0 Å². The van der Waals surface area contributed by atoms with E-state index >= 15 is 0 Å². The first-order valence-corrected chi connectivity index (χ1v) is 15.2. The van der Waals surface area contributed by atoms with Gasteiger partial charge in [-0.2, -0.15) is 0 Å². The Morgan fingerprint density at radius 3 is 2.27 bits per heavy atom. The molecule has 0 bridgehead atoms. The van der Waals surface area contributed by atoms with Crippen molar-refractivity contribution in [3.05, 3.63) is 77.4 Å². The molecular formula is C32H38N2O5S. The Labute approximate surface area is 237 Å². The fourth-order valence-corrected chi connectivity index (χ4v) is 7.53. The van der Waals surface area contributed by atoms with Crippen LogP contribution in [0, 0.1) is 0 Å². The van der Waals surface area contributed by atoms with Crippen LogP contribution in [-0.4, -0.2) is 51.8 Å². The first kappa shape index (κ1) is 28.1. The number of benzene rings is 3. The molecule has 0 saturated heterocycles. The SMILES string of the molecule is COc1cc2c(cc1OC)CN(CCCOc1ccc(S(=O)(=O)c3c(C(C)C)c4ccccc4n3C)cc1)CC2. The van der Waals surface area contributed by atoms with Crippen molar-refractivity contribution in [2.75, 3.05) is 33.9 Å². The Balaban J connectivity index is 1.21. The number of hydrogen-bond acceptors (Lipinski definition) is 6. The monoisotopic (exact) mass is 562 g/mol. The van der Waals surface area contributed by atoms with Crippen molar-refractivity contribution in [2.24, 2.45) is 7.05 Å². The van der Waals surface area contributed by atoms with Gasteiger partial charge in [0.1, 0.15) is 10.8 Å². The lowest BCUT2D eigenvalue weighted by Crippen LogP contribution is -2.32. The van der Waals surface area contributed by atoms with Gasteiger partial charge >= 0.3 is 0 Å². The first-order chi connectivity index (χ1) is 19.2. The number of methoxy groups -OCH3 is 2. The summed E-state index contributed by atoms with van der Waals surface area (Å²) in [5, 5.41) is 1.34. The lowest BCUT2D eigenvalue weighted by atomic mass is 9.98. The predicted octanol–water partition coefficient (Wildman–Crippen LogP) is 5.98. The zero-order chi connectivity index (χ0) is 28.4. The molecule has 40 heavy (non-hydrogen) atoms. The summed E-state index contributed by atoms with van der Waals surface area (Å²) in [6, 6.07) is 18.8. The van der Waals surface area contributed by atoms with Crippen LogP contribution in [0.1, 0.15) is 42.9 Å². The molecule has 0 saturated carbocycles. The largest absolute Gasteiger partial charge is 0.494 e. The normalized spacial score (nSPS) is 13.9. The van der Waals surface area contributed by atoms with Crippen molar-refractivity contribution in [1.29, 1.82) is 0 Å². The van der Waals surface area contributed by atoms with E-state index in [0.29, 0.717) is 17.4 Å². The van der Waals surface area contributed by atoms with Gasteiger partial charge in [-0.05, 0) is 77.9 Å². The third kappa shape index (κ3) is 5.30. The molecule has 7 nitrogen and oxygen atoms in total. The third-order valence-corrected chi connectivity index (χ3v) is 9.64. The third-order valence-electron chi connectivity index (χ3n) is 7.74. The lowest BCUT2D eigenvalue weighted by Gasteiger charge is -2.29. The van der Waals surface area contributed by atoms with Gasteiger partial charge in [0, 0.05) is 37.6 Å². The van der Waals surface area contributed by atoms with Gasteiger partial charge in [0.25, 0.3) is 0 Å². The molecule has 8 heteroatoms. The molecule has 0 aliphatic carbocycles. The van der Waals surface area contributed by atoms with Crippen molar-refractivity contribution in [1.82, 2.24) is 9.47 Å². The van der Waals surface area contributed by atoms with Gasteiger partial charge in [0.05, 0.1) is 25.7 Å². The topological polar surface area (TPSA) is 70.0 Å². The Morgan fingerprint density at radius 2 is 1.60 bits per heavy atom. The fourth-order valence-electron chi connectivity index (χ4n) is 5.72. The van der Waals surface area contributed by atoms with Crippen LogP contribution in [0.3, 0.4) is 0 Å². The van der Waals surface area contributed by atoms with E-state index < -0.39 is 9.84 Å². The molecule has 1 aliphatic rings. The van der Waals surface area contributed by atoms with Gasteiger partial charge < -0.3 is 18.8 Å². The minimum absolute atomic E-state index is 0.0664. The van der Waals surface area contributed by atoms with Crippen LogP contribution >= 0.6 is 0 Å². The molecule has 212 valence electrons. The molecule has 0 unspecified atom stereocenters. The Hall–Kier alpha value is -3.49. The second kappa shape index (κ2) is 11.6. The number of aryl methyl sites for hydroxylation is 1. The van der Waals surface area contributed by atoms with E-state index in [2.05, 4.69) is 17.0 Å². The molecule has 0 N–H and O–H groups in total. The molecule has 3 aromatic carbocycles. The highest BCUT2D eigenvalue weighted by molar-refractivity contribution is 7.91. The molecule has 2 heterocycles. The van der Waals surface area contributed by atoms with Crippen molar-refractivity contribution in [3.8, 4) is 17.2 Å². The van der Waals surface area contributed by atoms with Gasteiger partial charge in [-0.1, -0.05) is 32.0 Å². The Kier molecular flexibility index (Phi) is 8.10. The summed E-state index contributed by atoms with van der Waals surface area (Å²) in [4.78, 5) is 2.69. The summed E-state index contributed by atoms with van der Waals surface area (Å²) < 4.78 is 46.2. The van der Waals surface area contributed by atoms with Gasteiger partial charge in [-0.25, -0.2) is 8.42 Å². The van der Waals surface area contributed by atoms with Crippen molar-refractivity contribution < 1.29 is 22.6 Å². The number of aromatic nitrogens is 1. The van der Waals surface area contributed by atoms with E-state index in [1.54, 1.807) is 43.1 Å². The maximum absolute atomic E-state index is 13.8. The number of fused-ring (bicyclic) bond motifs is 2. The zero-order valence-corrected chi connectivity index (χ0v) is 24.8. The number of sulfone groups is 1. The molecular weight excluding hydrogens is 524 g/mol. The first-order valence-electron chi connectivity index (χ1n) is 13.8. The fraction of sp³-hybridized carbons (Fsp3) is 0.375. The van der Waals surface area contributed by atoms with Gasteiger partial charge in [-0.3, -0.25) is 4.90 Å². The van der Waals surface area contributed by atoms with Crippen LogP contribution in [0.15, 0.2) is 70.6 Å². The number of nitrogens with zero attached hydrogens (tertiary/aromatic N) is 2. The quantitative estimate of drug-likeness (QED) is 0.222. The maximum Gasteiger partial charge on any atom is 0.222 e. The van der Waals surface area contributed by atoms with E-state index in [9.17, 15) is 8.42 Å². The van der Waals surface area contributed by atoms with Gasteiger partial charge in [-0.15, -0.1) is 0 Å². The summed E-state index contributed by atoms with van der Waals surface area (Å²) in [5.41, 5.74) is 4.36. The Morgan fingerprint density at radius 1 is 0.925 bits per heavy atom. The number of rotatable bonds is 10. The second-order valence-corrected chi connectivity index (χ2v) is 12.5. The molecule has 0 amide bonds. The predicted molar refractivity (Wildman–Crippen MR) is 158 cm³/mol. The van der Waals surface area contributed by atoms with Crippen molar-refractivity contribution >= 4 is 20.7 Å². The second-order valence-electron chi connectivity index (χ2n) is 10.6. The standard InChI is InChI=1S/C32H38N2O5S/c1-22(2)31-27-9-6-7-10-28(27)33(3)32(31)40(35,36)26-13-11-25(12-14-26)39-18-8-16-34-17-15-23-19-29(37-4)30(38-5)20-24(23)21-34/h6-7,9-14,19-20,22H,8,15-18,21H2,1-5H3. The molecule has 0 spiro atoms. The van der Waals surface area contributed by atoms with E-state index in [0.717, 1.165) is 60.4 Å². The zero-order valence-electron chi connectivity index (χ0n) is 23.9. The minimum Gasteiger partial charge on any atom is -0.494 e. The molecule has 4 aromatic rings. The summed E-state index contributed by atoms with van der Waals surface area (Å²) in [7, 11) is 1.44. The highest BCUT2D eigenvalue weighted by Gasteiger charge is 2.29. The van der Waals surface area contributed by atoms with Gasteiger partial charge in [0.2, 0.25) is 9.84 Å². The molecule has 0 fully saturated rings. The summed E-state index contributed by atoms with van der Waals surface area (Å²) in [6.45, 7) is 7.40. The maximum atomic E-state index is 13.8. The van der Waals surface area contributed by atoms with E-state index in [1.807, 2.05) is 45.2 Å². The molecule has 5 rings (SSSR count). The number of ether oxygens (including phenoxy) is 3. The molecule has 0 atom stereocenters. The average molecular weight is 563 g/mol. The van der Waals surface area contributed by atoms with Crippen LogP contribution < -0.4 is 14.2 Å². The van der Waals surface area contributed by atoms with Crippen molar-refractivity contribution in [3.63, 3.8) is 0 Å². The van der Waals surface area contributed by atoms with E-state index in [4.69, 9.17) is 14.2 Å². The summed E-state index contributed by atoms with van der Waals surface area (Å²) in [6.07, 6.45) is 1.85. The smallest absolute Gasteiger partial charge is 0.222 e. The highest BCUT2D eigenvalue weighted by atomic mass is 32.2. The van der Waals surface area contributed by atoms with E-state index in [-0.39, 0.29) is 10.8 Å². The number of hydrogen-bond donors (Lipinski definition) is 0. The van der Waals surface area contributed by atoms with Crippen LogP contribution in [0.25, 0.3) is 10.9 Å². The minimum atomic E-state index is -3.71. The molecule has 1 aromatic heterocycles. The van der Waals surface area contributed by atoms with Crippen molar-refractivity contribution in [2.45, 2.75) is 49.1 Å². The Bertz CT molecular complexity index is 1610. The van der Waals surface area contributed by atoms with Crippen LogP contribution in [0.5, 0.6) is 17.2 Å². The summed E-state index contributed by atoms with van der Waals surface area (Å²) >= 11 is 0. The van der Waals surface area contributed by atoms with E-state index in [1.165, 1.54) is 11.1 Å². The number of para-hydroxylation sites is 1. The molecule has 1 aliphatic heterocycles. The van der Waals surface area contributed by atoms with Gasteiger partial charge in [0.15, 0.2) is 11.5 Å². The van der Waals surface area contributed by atoms with Crippen LogP contribution in [-0.2, 0) is 29.9 Å². The highest BCUT2D eigenvalue weighted by Crippen LogP contribution is 2.37. The van der Waals surface area contributed by atoms with Crippen LogP contribution in [0.2, 0.25) is 0 Å². The average Bonchev–Trinajstić information content (AvgIpc) is 3.28. The lowest BCUT2D eigenvalue weighted by molar-refractivity contribution is 0.220.